The van der Waals surface area contributed by atoms with Gasteiger partial charge in [0, 0.05) is 6.54 Å². The van der Waals surface area contributed by atoms with Crippen LogP contribution in [0.15, 0.2) is 0 Å². The minimum absolute atomic E-state index is 0.0893. The molecule has 0 unspecified atom stereocenters. The molecule has 1 heterocycles. The molecule has 0 saturated heterocycles. The highest BCUT2D eigenvalue weighted by atomic mass is 32.1. The Labute approximate surface area is 87.9 Å². The summed E-state index contributed by atoms with van der Waals surface area (Å²) in [6.45, 7) is 2.65. The van der Waals surface area contributed by atoms with E-state index in [1.165, 1.54) is 12.8 Å². The minimum Gasteiger partial charge on any atom is -0.353 e. The van der Waals surface area contributed by atoms with Crippen LogP contribution in [0.25, 0.3) is 0 Å². The summed E-state index contributed by atoms with van der Waals surface area (Å²) in [5, 5.41) is 13.4. The Hall–Kier alpha value is -0.680. The lowest BCUT2D eigenvalue weighted by molar-refractivity contribution is 0.492. The molecule has 1 fully saturated rings. The van der Waals surface area contributed by atoms with Crippen LogP contribution < -0.4 is 11.1 Å². The van der Waals surface area contributed by atoms with Crippen molar-refractivity contribution in [2.75, 3.05) is 11.9 Å². The molecule has 0 bridgehead atoms. The molecule has 0 aromatic carbocycles. The monoisotopic (exact) mass is 212 g/mol. The van der Waals surface area contributed by atoms with E-state index in [9.17, 15) is 0 Å². The first kappa shape index (κ1) is 9.86. The molecular weight excluding hydrogens is 196 g/mol. The Morgan fingerprint density at radius 1 is 1.43 bits per heavy atom. The lowest BCUT2D eigenvalue weighted by Gasteiger charge is -2.27. The maximum Gasteiger partial charge on any atom is 0.206 e. The normalized spacial score (nSPS) is 19.9. The van der Waals surface area contributed by atoms with Crippen molar-refractivity contribution in [2.24, 2.45) is 5.73 Å². The summed E-state index contributed by atoms with van der Waals surface area (Å²) in [5.41, 5.74) is 5.91. The molecule has 5 heteroatoms. The van der Waals surface area contributed by atoms with Crippen molar-refractivity contribution in [2.45, 2.75) is 38.1 Å². The van der Waals surface area contributed by atoms with Gasteiger partial charge >= 0.3 is 0 Å². The summed E-state index contributed by atoms with van der Waals surface area (Å²) in [4.78, 5) is 0. The molecule has 0 atom stereocenters. The third kappa shape index (κ3) is 1.88. The van der Waals surface area contributed by atoms with Gasteiger partial charge in [0.15, 0.2) is 0 Å². The van der Waals surface area contributed by atoms with Gasteiger partial charge in [-0.1, -0.05) is 24.2 Å². The van der Waals surface area contributed by atoms with E-state index in [0.29, 0.717) is 6.54 Å². The molecule has 3 N–H and O–H groups in total. The van der Waals surface area contributed by atoms with Crippen molar-refractivity contribution in [3.8, 4) is 0 Å². The smallest absolute Gasteiger partial charge is 0.206 e. The maximum absolute atomic E-state index is 5.82. The lowest BCUT2D eigenvalue weighted by atomic mass is 9.98. The van der Waals surface area contributed by atoms with Gasteiger partial charge in [0.2, 0.25) is 5.13 Å². The van der Waals surface area contributed by atoms with Crippen LogP contribution >= 0.6 is 11.3 Å². The van der Waals surface area contributed by atoms with Crippen LogP contribution in [0.5, 0.6) is 0 Å². The predicted molar refractivity (Wildman–Crippen MR) is 58.5 cm³/mol. The Balaban J connectivity index is 2.08. The molecular formula is C9H16N4S. The molecule has 0 aliphatic heterocycles. The molecule has 78 valence electrons. The van der Waals surface area contributed by atoms with Crippen LogP contribution in [0.3, 0.4) is 0 Å². The SMILES string of the molecule is Cc1nnc(NC2(CN)CCCC2)s1. The first-order valence-electron chi connectivity index (χ1n) is 5.02. The van der Waals surface area contributed by atoms with Crippen LogP contribution in [0.1, 0.15) is 30.7 Å². The van der Waals surface area contributed by atoms with Gasteiger partial charge in [-0.3, -0.25) is 0 Å². The van der Waals surface area contributed by atoms with Crippen LogP contribution in [-0.2, 0) is 0 Å². The van der Waals surface area contributed by atoms with Gasteiger partial charge in [0.05, 0.1) is 5.54 Å². The van der Waals surface area contributed by atoms with E-state index in [1.54, 1.807) is 11.3 Å². The van der Waals surface area contributed by atoms with E-state index in [1.807, 2.05) is 6.92 Å². The van der Waals surface area contributed by atoms with E-state index >= 15 is 0 Å². The molecule has 14 heavy (non-hydrogen) atoms. The maximum atomic E-state index is 5.82. The van der Waals surface area contributed by atoms with Crippen molar-refractivity contribution in [3.63, 3.8) is 0 Å². The number of rotatable bonds is 3. The molecule has 0 radical (unpaired) electrons. The summed E-state index contributed by atoms with van der Waals surface area (Å²) in [7, 11) is 0. The lowest BCUT2D eigenvalue weighted by Crippen LogP contribution is -2.42. The van der Waals surface area contributed by atoms with E-state index in [-0.39, 0.29) is 5.54 Å². The fourth-order valence-corrected chi connectivity index (χ4v) is 2.72. The first-order chi connectivity index (χ1) is 6.74. The summed E-state index contributed by atoms with van der Waals surface area (Å²) >= 11 is 1.60. The molecule has 1 aromatic heterocycles. The minimum atomic E-state index is 0.0893. The second-order valence-electron chi connectivity index (χ2n) is 3.94. The van der Waals surface area contributed by atoms with E-state index in [4.69, 9.17) is 5.73 Å². The van der Waals surface area contributed by atoms with Gasteiger partial charge in [0.25, 0.3) is 0 Å². The zero-order valence-electron chi connectivity index (χ0n) is 8.42. The van der Waals surface area contributed by atoms with Crippen molar-refractivity contribution >= 4 is 16.5 Å². The van der Waals surface area contributed by atoms with Crippen molar-refractivity contribution in [3.05, 3.63) is 5.01 Å². The average molecular weight is 212 g/mol. The zero-order chi connectivity index (χ0) is 10.0. The highest BCUT2D eigenvalue weighted by Gasteiger charge is 2.32. The topological polar surface area (TPSA) is 63.8 Å². The highest BCUT2D eigenvalue weighted by molar-refractivity contribution is 7.15. The van der Waals surface area contributed by atoms with Gasteiger partial charge in [-0.15, -0.1) is 10.2 Å². The van der Waals surface area contributed by atoms with Crippen molar-refractivity contribution in [1.29, 1.82) is 0 Å². The third-order valence-corrected chi connectivity index (χ3v) is 3.60. The molecule has 1 saturated carbocycles. The summed E-state index contributed by atoms with van der Waals surface area (Å²) in [6, 6.07) is 0. The van der Waals surface area contributed by atoms with E-state index < -0.39 is 0 Å². The second kappa shape index (κ2) is 3.82. The Bertz CT molecular complexity index is 304. The molecule has 0 spiro atoms. The molecule has 1 aliphatic carbocycles. The number of aryl methyl sites for hydroxylation is 1. The van der Waals surface area contributed by atoms with Crippen molar-refractivity contribution < 1.29 is 0 Å². The van der Waals surface area contributed by atoms with Gasteiger partial charge < -0.3 is 11.1 Å². The van der Waals surface area contributed by atoms with Gasteiger partial charge in [-0.2, -0.15) is 0 Å². The summed E-state index contributed by atoms with van der Waals surface area (Å²) in [6.07, 6.45) is 4.84. The summed E-state index contributed by atoms with van der Waals surface area (Å²) < 4.78 is 0. The Morgan fingerprint density at radius 3 is 2.64 bits per heavy atom. The van der Waals surface area contributed by atoms with Crippen LogP contribution in [0.4, 0.5) is 5.13 Å². The fourth-order valence-electron chi connectivity index (χ4n) is 2.01. The Morgan fingerprint density at radius 2 is 2.14 bits per heavy atom. The highest BCUT2D eigenvalue weighted by Crippen LogP contribution is 2.32. The number of nitrogens with zero attached hydrogens (tertiary/aromatic N) is 2. The van der Waals surface area contributed by atoms with Gasteiger partial charge in [0.1, 0.15) is 5.01 Å². The molecule has 2 rings (SSSR count). The Kier molecular flexibility index (Phi) is 2.69. The van der Waals surface area contributed by atoms with Crippen LogP contribution in [0.2, 0.25) is 0 Å². The van der Waals surface area contributed by atoms with Crippen molar-refractivity contribution in [1.82, 2.24) is 10.2 Å². The van der Waals surface area contributed by atoms with E-state index in [0.717, 1.165) is 23.0 Å². The fraction of sp³-hybridized carbons (Fsp3) is 0.778. The standard InChI is InChI=1S/C9H16N4S/c1-7-12-13-8(14-7)11-9(6-10)4-2-3-5-9/h2-6,10H2,1H3,(H,11,13). The van der Waals surface area contributed by atoms with Gasteiger partial charge in [-0.25, -0.2) is 0 Å². The first-order valence-corrected chi connectivity index (χ1v) is 5.84. The predicted octanol–water partition coefficient (Wildman–Crippen LogP) is 1.53. The molecule has 1 aliphatic rings. The number of hydrogen-bond donors (Lipinski definition) is 2. The largest absolute Gasteiger partial charge is 0.353 e. The number of nitrogens with two attached hydrogens (primary N) is 1. The number of aromatic nitrogens is 2. The van der Waals surface area contributed by atoms with Crippen LogP contribution in [0, 0.1) is 6.92 Å². The average Bonchev–Trinajstić information content (AvgIpc) is 2.77. The quantitative estimate of drug-likeness (QED) is 0.797. The van der Waals surface area contributed by atoms with Gasteiger partial charge in [-0.05, 0) is 19.8 Å². The second-order valence-corrected chi connectivity index (χ2v) is 5.12. The molecule has 0 amide bonds. The van der Waals surface area contributed by atoms with E-state index in [2.05, 4.69) is 15.5 Å². The summed E-state index contributed by atoms with van der Waals surface area (Å²) in [5.74, 6) is 0. The number of nitrogens with one attached hydrogen (secondary N) is 1. The van der Waals surface area contributed by atoms with Crippen LogP contribution in [-0.4, -0.2) is 22.3 Å². The number of anilines is 1. The zero-order valence-corrected chi connectivity index (χ0v) is 9.23. The third-order valence-electron chi connectivity index (χ3n) is 2.85. The molecule has 4 nitrogen and oxygen atoms in total. The number of hydrogen-bond acceptors (Lipinski definition) is 5. The molecule has 1 aromatic rings.